The normalized spacial score (nSPS) is 13.2. The molecule has 2 heterocycles. The van der Waals surface area contributed by atoms with Gasteiger partial charge < -0.3 is 15.5 Å². The molecule has 0 saturated heterocycles. The van der Waals surface area contributed by atoms with Crippen LogP contribution >= 0.6 is 15.9 Å². The lowest BCUT2D eigenvalue weighted by Crippen LogP contribution is -2.24. The summed E-state index contributed by atoms with van der Waals surface area (Å²) in [7, 11) is 1.95. The highest BCUT2D eigenvalue weighted by molar-refractivity contribution is 9.10. The smallest absolute Gasteiger partial charge is 0.134 e. The van der Waals surface area contributed by atoms with Gasteiger partial charge in [-0.1, -0.05) is 0 Å². The van der Waals surface area contributed by atoms with E-state index in [1.54, 1.807) is 0 Å². The highest BCUT2D eigenvalue weighted by atomic mass is 79.9. The van der Waals surface area contributed by atoms with Crippen molar-refractivity contribution in [1.29, 1.82) is 0 Å². The zero-order valence-electron chi connectivity index (χ0n) is 9.37. The van der Waals surface area contributed by atoms with Crippen LogP contribution in [-0.2, 0) is 6.42 Å². The first-order valence-corrected chi connectivity index (χ1v) is 6.01. The number of hydrogen-bond donors (Lipinski definition) is 2. The van der Waals surface area contributed by atoms with E-state index in [1.165, 1.54) is 0 Å². The van der Waals surface area contributed by atoms with E-state index in [4.69, 9.17) is 5.73 Å². The lowest BCUT2D eigenvalue weighted by atomic mass is 10.2. The van der Waals surface area contributed by atoms with Crippen LogP contribution in [0, 0.1) is 0 Å². The molecule has 0 saturated carbocycles. The highest BCUT2D eigenvalue weighted by Crippen LogP contribution is 2.24. The van der Waals surface area contributed by atoms with Crippen molar-refractivity contribution in [2.45, 2.75) is 19.4 Å². The van der Waals surface area contributed by atoms with Crippen molar-refractivity contribution in [2.75, 3.05) is 12.8 Å². The molecular formula is C11H15BrN4. The Morgan fingerprint density at radius 3 is 3.06 bits per heavy atom. The van der Waals surface area contributed by atoms with Gasteiger partial charge in [0.05, 0.1) is 5.69 Å². The number of aromatic nitrogens is 2. The van der Waals surface area contributed by atoms with Gasteiger partial charge in [0.1, 0.15) is 15.9 Å². The lowest BCUT2D eigenvalue weighted by Gasteiger charge is -2.08. The molecule has 0 aliphatic rings. The predicted molar refractivity (Wildman–Crippen MR) is 69.5 cm³/mol. The number of anilines is 1. The second-order valence-corrected chi connectivity index (χ2v) is 4.65. The van der Waals surface area contributed by atoms with Crippen LogP contribution in [0.2, 0.25) is 0 Å². The molecule has 2 rings (SSSR count). The molecule has 0 fully saturated rings. The fourth-order valence-electron chi connectivity index (χ4n) is 1.70. The number of nitrogens with zero attached hydrogens (tertiary/aromatic N) is 2. The molecule has 0 radical (unpaired) electrons. The van der Waals surface area contributed by atoms with Crippen LogP contribution in [-0.4, -0.2) is 22.5 Å². The molecule has 16 heavy (non-hydrogen) atoms. The van der Waals surface area contributed by atoms with Gasteiger partial charge >= 0.3 is 0 Å². The molecule has 2 aromatic rings. The van der Waals surface area contributed by atoms with Crippen LogP contribution in [0.4, 0.5) is 5.69 Å². The van der Waals surface area contributed by atoms with Crippen LogP contribution in [0.1, 0.15) is 12.7 Å². The highest BCUT2D eigenvalue weighted by Gasteiger charge is 2.12. The number of nitrogens with two attached hydrogens (primary N) is 1. The number of pyridine rings is 1. The van der Waals surface area contributed by atoms with Crippen LogP contribution < -0.4 is 11.1 Å². The van der Waals surface area contributed by atoms with Crippen molar-refractivity contribution in [3.8, 4) is 0 Å². The van der Waals surface area contributed by atoms with Gasteiger partial charge in [-0.15, -0.1) is 0 Å². The van der Waals surface area contributed by atoms with Gasteiger partial charge in [-0.25, -0.2) is 4.98 Å². The van der Waals surface area contributed by atoms with E-state index in [1.807, 2.05) is 29.8 Å². The van der Waals surface area contributed by atoms with Crippen LogP contribution in [0.15, 0.2) is 22.9 Å². The third-order valence-corrected chi connectivity index (χ3v) is 3.26. The Hall–Kier alpha value is -1.07. The summed E-state index contributed by atoms with van der Waals surface area (Å²) < 4.78 is 2.84. The average Bonchev–Trinajstić information content (AvgIpc) is 2.57. The summed E-state index contributed by atoms with van der Waals surface area (Å²) in [6.45, 7) is 2.13. The fraction of sp³-hybridized carbons (Fsp3) is 0.364. The van der Waals surface area contributed by atoms with Gasteiger partial charge in [-0.05, 0) is 42.0 Å². The third-order valence-electron chi connectivity index (χ3n) is 2.71. The number of fused-ring (bicyclic) bond motifs is 1. The molecule has 0 aromatic carbocycles. The summed E-state index contributed by atoms with van der Waals surface area (Å²) in [5.74, 6) is 1.01. The van der Waals surface area contributed by atoms with E-state index in [-0.39, 0.29) is 0 Å². The minimum Gasteiger partial charge on any atom is -0.397 e. The van der Waals surface area contributed by atoms with E-state index in [0.29, 0.717) is 6.04 Å². The molecule has 0 amide bonds. The summed E-state index contributed by atoms with van der Waals surface area (Å²) >= 11 is 3.45. The summed E-state index contributed by atoms with van der Waals surface area (Å²) in [4.78, 5) is 4.50. The van der Waals surface area contributed by atoms with E-state index >= 15 is 0 Å². The molecule has 1 unspecified atom stereocenters. The molecule has 0 aliphatic heterocycles. The maximum absolute atomic E-state index is 5.93. The molecule has 0 bridgehead atoms. The van der Waals surface area contributed by atoms with E-state index in [9.17, 15) is 0 Å². The Morgan fingerprint density at radius 1 is 1.62 bits per heavy atom. The zero-order valence-corrected chi connectivity index (χ0v) is 11.0. The molecule has 5 heteroatoms. The number of rotatable bonds is 3. The van der Waals surface area contributed by atoms with Crippen molar-refractivity contribution in [2.24, 2.45) is 0 Å². The minimum atomic E-state index is 0.388. The first kappa shape index (κ1) is 11.4. The Bertz CT molecular complexity index is 506. The van der Waals surface area contributed by atoms with Crippen LogP contribution in [0.3, 0.4) is 0 Å². The number of nitrogen functional groups attached to an aromatic ring is 1. The predicted octanol–water partition coefficient (Wildman–Crippen LogP) is 1.83. The largest absolute Gasteiger partial charge is 0.397 e. The van der Waals surface area contributed by atoms with E-state index in [2.05, 4.69) is 33.2 Å². The number of likely N-dealkylation sites (N-methyl/N-ethyl adjacent to an activating group) is 1. The van der Waals surface area contributed by atoms with Crippen molar-refractivity contribution < 1.29 is 0 Å². The summed E-state index contributed by atoms with van der Waals surface area (Å²) in [6, 6.07) is 4.20. The standard InChI is InChI=1S/C11H15BrN4/c1-7(14-2)6-9-15-11(12)10-8(13)4-3-5-16(9)10/h3-5,7,14H,6,13H2,1-2H3. The Morgan fingerprint density at radius 2 is 2.38 bits per heavy atom. The molecule has 86 valence electrons. The Kier molecular flexibility index (Phi) is 3.16. The van der Waals surface area contributed by atoms with E-state index in [0.717, 1.165) is 28.1 Å². The molecule has 4 nitrogen and oxygen atoms in total. The van der Waals surface area contributed by atoms with Gasteiger partial charge in [-0.2, -0.15) is 0 Å². The summed E-state index contributed by atoms with van der Waals surface area (Å²) in [5.41, 5.74) is 7.61. The van der Waals surface area contributed by atoms with Crippen molar-refractivity contribution >= 4 is 27.1 Å². The van der Waals surface area contributed by atoms with Crippen molar-refractivity contribution in [3.05, 3.63) is 28.8 Å². The maximum Gasteiger partial charge on any atom is 0.134 e. The number of nitrogens with one attached hydrogen (secondary N) is 1. The van der Waals surface area contributed by atoms with Crippen LogP contribution in [0.25, 0.3) is 5.52 Å². The number of hydrogen-bond acceptors (Lipinski definition) is 3. The number of halogens is 1. The summed E-state index contributed by atoms with van der Waals surface area (Å²) in [5, 5.41) is 3.20. The topological polar surface area (TPSA) is 55.3 Å². The average molecular weight is 283 g/mol. The van der Waals surface area contributed by atoms with E-state index < -0.39 is 0 Å². The van der Waals surface area contributed by atoms with Gasteiger partial charge in [0, 0.05) is 18.7 Å². The number of imidazole rings is 1. The zero-order chi connectivity index (χ0) is 11.7. The Labute approximate surface area is 103 Å². The quantitative estimate of drug-likeness (QED) is 0.903. The molecule has 0 aliphatic carbocycles. The molecular weight excluding hydrogens is 268 g/mol. The second-order valence-electron chi connectivity index (χ2n) is 3.89. The lowest BCUT2D eigenvalue weighted by molar-refractivity contribution is 0.589. The summed E-state index contributed by atoms with van der Waals surface area (Å²) in [6.07, 6.45) is 2.86. The third kappa shape index (κ3) is 1.92. The Balaban J connectivity index is 2.51. The molecule has 3 N–H and O–H groups in total. The first-order valence-electron chi connectivity index (χ1n) is 5.21. The van der Waals surface area contributed by atoms with Gasteiger partial charge in [0.25, 0.3) is 0 Å². The minimum absolute atomic E-state index is 0.388. The van der Waals surface area contributed by atoms with Gasteiger partial charge in [0.15, 0.2) is 0 Å². The SMILES string of the molecule is CNC(C)Cc1nc(Br)c2c(N)cccn12. The maximum atomic E-state index is 5.93. The second kappa shape index (κ2) is 4.43. The molecule has 1 atom stereocenters. The van der Waals surface area contributed by atoms with Crippen LogP contribution in [0.5, 0.6) is 0 Å². The molecule has 2 aromatic heterocycles. The van der Waals surface area contributed by atoms with Gasteiger partial charge in [0.2, 0.25) is 0 Å². The molecule has 0 spiro atoms. The fourth-order valence-corrected chi connectivity index (χ4v) is 2.32. The van der Waals surface area contributed by atoms with Crippen molar-refractivity contribution in [3.63, 3.8) is 0 Å². The first-order chi connectivity index (χ1) is 7.63. The monoisotopic (exact) mass is 282 g/mol. The van der Waals surface area contributed by atoms with Crippen molar-refractivity contribution in [1.82, 2.24) is 14.7 Å². The van der Waals surface area contributed by atoms with Gasteiger partial charge in [-0.3, -0.25) is 0 Å².